The van der Waals surface area contributed by atoms with Crippen LogP contribution in [0.25, 0.3) is 0 Å². The predicted octanol–water partition coefficient (Wildman–Crippen LogP) is 2.16. The van der Waals surface area contributed by atoms with Crippen LogP contribution in [0.3, 0.4) is 0 Å². The molecule has 1 heterocycles. The lowest BCUT2D eigenvalue weighted by atomic mass is 9.73. The minimum Gasteiger partial charge on any atom is -0.469 e. The molecule has 90 valence electrons. The molecule has 0 aliphatic rings. The Morgan fingerprint density at radius 1 is 1.62 bits per heavy atom. The van der Waals surface area contributed by atoms with Gasteiger partial charge in [-0.2, -0.15) is 0 Å². The Morgan fingerprint density at radius 3 is 2.69 bits per heavy atom. The summed E-state index contributed by atoms with van der Waals surface area (Å²) in [7, 11) is 1.42. The minimum absolute atomic E-state index is 0.201. The van der Waals surface area contributed by atoms with E-state index in [0.29, 0.717) is 18.9 Å². The smallest absolute Gasteiger partial charge is 0.306 e. The molecule has 0 aliphatic carbocycles. The molecule has 0 amide bonds. The maximum atomic E-state index is 11.5. The molecule has 1 unspecified atom stereocenters. The molecule has 1 atom stereocenters. The van der Waals surface area contributed by atoms with Crippen molar-refractivity contribution < 1.29 is 9.53 Å². The fraction of sp³-hybridized carbons (Fsp3) is 0.583. The molecular formula is C12H19NO2S. The van der Waals surface area contributed by atoms with Gasteiger partial charge in [0.25, 0.3) is 0 Å². The SMILES string of the molecule is COC(=O)CC(CN)(c1cccs1)C(C)C. The highest BCUT2D eigenvalue weighted by molar-refractivity contribution is 7.10. The summed E-state index contributed by atoms with van der Waals surface area (Å²) in [6.45, 7) is 4.64. The van der Waals surface area contributed by atoms with Gasteiger partial charge in [0.05, 0.1) is 13.5 Å². The summed E-state index contributed by atoms with van der Waals surface area (Å²) >= 11 is 1.65. The molecule has 0 fully saturated rings. The number of methoxy groups -OCH3 is 1. The van der Waals surface area contributed by atoms with Gasteiger partial charge in [0.2, 0.25) is 0 Å². The van der Waals surface area contributed by atoms with Gasteiger partial charge in [-0.05, 0) is 17.4 Å². The van der Waals surface area contributed by atoms with Gasteiger partial charge in [0.15, 0.2) is 0 Å². The monoisotopic (exact) mass is 241 g/mol. The van der Waals surface area contributed by atoms with Crippen LogP contribution in [0.4, 0.5) is 0 Å². The molecule has 0 bridgehead atoms. The van der Waals surface area contributed by atoms with Crippen LogP contribution in [0.15, 0.2) is 17.5 Å². The van der Waals surface area contributed by atoms with E-state index in [9.17, 15) is 4.79 Å². The van der Waals surface area contributed by atoms with E-state index in [2.05, 4.69) is 13.8 Å². The highest BCUT2D eigenvalue weighted by atomic mass is 32.1. The van der Waals surface area contributed by atoms with Gasteiger partial charge < -0.3 is 10.5 Å². The van der Waals surface area contributed by atoms with Crippen molar-refractivity contribution >= 4 is 17.3 Å². The van der Waals surface area contributed by atoms with E-state index in [1.165, 1.54) is 7.11 Å². The topological polar surface area (TPSA) is 52.3 Å². The fourth-order valence-electron chi connectivity index (χ4n) is 1.88. The summed E-state index contributed by atoms with van der Waals surface area (Å²) in [5, 5.41) is 2.01. The van der Waals surface area contributed by atoms with Crippen LogP contribution in [0, 0.1) is 5.92 Å². The third-order valence-electron chi connectivity index (χ3n) is 3.17. The quantitative estimate of drug-likeness (QED) is 0.804. The summed E-state index contributed by atoms with van der Waals surface area (Å²) in [6.07, 6.45) is 0.345. The third kappa shape index (κ3) is 2.44. The summed E-state index contributed by atoms with van der Waals surface area (Å²) in [5.41, 5.74) is 5.61. The van der Waals surface area contributed by atoms with Crippen molar-refractivity contribution in [3.63, 3.8) is 0 Å². The van der Waals surface area contributed by atoms with Crippen LogP contribution >= 0.6 is 11.3 Å². The highest BCUT2D eigenvalue weighted by Gasteiger charge is 2.38. The molecule has 0 aliphatic heterocycles. The van der Waals surface area contributed by atoms with Crippen molar-refractivity contribution in [1.82, 2.24) is 0 Å². The molecule has 1 aromatic rings. The van der Waals surface area contributed by atoms with E-state index < -0.39 is 0 Å². The zero-order valence-electron chi connectivity index (χ0n) is 10.0. The Kier molecular flexibility index (Phi) is 4.50. The fourth-order valence-corrected chi connectivity index (χ4v) is 2.96. The summed E-state index contributed by atoms with van der Waals surface area (Å²) < 4.78 is 4.77. The molecular weight excluding hydrogens is 222 g/mol. The van der Waals surface area contributed by atoms with Crippen molar-refractivity contribution in [1.29, 1.82) is 0 Å². The number of hydrogen-bond acceptors (Lipinski definition) is 4. The van der Waals surface area contributed by atoms with E-state index >= 15 is 0 Å². The molecule has 1 rings (SSSR count). The number of thiophene rings is 1. The average molecular weight is 241 g/mol. The van der Waals surface area contributed by atoms with Crippen LogP contribution in [-0.4, -0.2) is 19.6 Å². The Hall–Kier alpha value is -0.870. The van der Waals surface area contributed by atoms with Gasteiger partial charge in [-0.1, -0.05) is 19.9 Å². The number of hydrogen-bond donors (Lipinski definition) is 1. The number of carbonyl (C=O) groups excluding carboxylic acids is 1. The van der Waals surface area contributed by atoms with Crippen LogP contribution in [0.2, 0.25) is 0 Å². The maximum Gasteiger partial charge on any atom is 0.306 e. The summed E-state index contributed by atoms with van der Waals surface area (Å²) in [5.74, 6) is 0.0998. The van der Waals surface area contributed by atoms with E-state index in [4.69, 9.17) is 10.5 Å². The Bertz CT molecular complexity index is 335. The van der Waals surface area contributed by atoms with Crippen LogP contribution < -0.4 is 5.73 Å². The highest BCUT2D eigenvalue weighted by Crippen LogP contribution is 2.37. The first-order valence-corrected chi connectivity index (χ1v) is 6.25. The zero-order chi connectivity index (χ0) is 12.2. The van der Waals surface area contributed by atoms with Gasteiger partial charge in [-0.3, -0.25) is 4.79 Å². The van der Waals surface area contributed by atoms with E-state index in [1.807, 2.05) is 17.5 Å². The standard InChI is InChI=1S/C12H19NO2S/c1-9(2)12(8-13,7-11(14)15-3)10-5-4-6-16-10/h4-6,9H,7-8,13H2,1-3H3. The number of carbonyl (C=O) groups is 1. The second-order valence-corrected chi connectivity index (χ2v) is 5.19. The Labute approximate surface area is 101 Å². The summed E-state index contributed by atoms with van der Waals surface area (Å²) in [6, 6.07) is 4.03. The molecule has 0 spiro atoms. The van der Waals surface area contributed by atoms with Crippen LogP contribution in [-0.2, 0) is 14.9 Å². The number of rotatable bonds is 5. The first-order valence-electron chi connectivity index (χ1n) is 5.37. The molecule has 3 nitrogen and oxygen atoms in total. The van der Waals surface area contributed by atoms with E-state index in [-0.39, 0.29) is 11.4 Å². The molecule has 1 aromatic heterocycles. The van der Waals surface area contributed by atoms with Crippen molar-refractivity contribution in [2.45, 2.75) is 25.7 Å². The molecule has 2 N–H and O–H groups in total. The van der Waals surface area contributed by atoms with Crippen LogP contribution in [0.5, 0.6) is 0 Å². The van der Waals surface area contributed by atoms with Gasteiger partial charge >= 0.3 is 5.97 Å². The van der Waals surface area contributed by atoms with Gasteiger partial charge in [0.1, 0.15) is 0 Å². The predicted molar refractivity (Wildman–Crippen MR) is 66.5 cm³/mol. The number of ether oxygens (including phenoxy) is 1. The molecule has 0 aromatic carbocycles. The minimum atomic E-state index is -0.290. The Balaban J connectivity index is 3.05. The molecule has 16 heavy (non-hydrogen) atoms. The van der Waals surface area contributed by atoms with Gasteiger partial charge in [-0.25, -0.2) is 0 Å². The lowest BCUT2D eigenvalue weighted by Gasteiger charge is -2.34. The van der Waals surface area contributed by atoms with E-state index in [0.717, 1.165) is 4.88 Å². The second kappa shape index (κ2) is 5.46. The molecule has 0 radical (unpaired) electrons. The number of nitrogens with two attached hydrogens (primary N) is 1. The largest absolute Gasteiger partial charge is 0.469 e. The zero-order valence-corrected chi connectivity index (χ0v) is 10.8. The first kappa shape index (κ1) is 13.2. The van der Waals surface area contributed by atoms with Crippen molar-refractivity contribution in [2.24, 2.45) is 11.7 Å². The normalized spacial score (nSPS) is 14.8. The van der Waals surface area contributed by atoms with Crippen LogP contribution in [0.1, 0.15) is 25.1 Å². The lowest BCUT2D eigenvalue weighted by Crippen LogP contribution is -2.41. The molecule has 0 saturated heterocycles. The second-order valence-electron chi connectivity index (χ2n) is 4.25. The van der Waals surface area contributed by atoms with Crippen molar-refractivity contribution in [3.8, 4) is 0 Å². The average Bonchev–Trinajstić information content (AvgIpc) is 2.78. The van der Waals surface area contributed by atoms with Gasteiger partial charge in [0, 0.05) is 16.8 Å². The van der Waals surface area contributed by atoms with E-state index in [1.54, 1.807) is 11.3 Å². The first-order chi connectivity index (χ1) is 7.56. The van der Waals surface area contributed by atoms with Gasteiger partial charge in [-0.15, -0.1) is 11.3 Å². The van der Waals surface area contributed by atoms with Crippen molar-refractivity contribution in [3.05, 3.63) is 22.4 Å². The Morgan fingerprint density at radius 2 is 2.31 bits per heavy atom. The molecule has 4 heteroatoms. The lowest BCUT2D eigenvalue weighted by molar-refractivity contribution is -0.142. The third-order valence-corrected chi connectivity index (χ3v) is 4.26. The maximum absolute atomic E-state index is 11.5. The molecule has 0 saturated carbocycles. The van der Waals surface area contributed by atoms with Crippen molar-refractivity contribution in [2.75, 3.05) is 13.7 Å². The number of esters is 1. The summed E-state index contributed by atoms with van der Waals surface area (Å²) in [4.78, 5) is 12.7.